The maximum absolute atomic E-state index is 13.0. The topological polar surface area (TPSA) is 162 Å². The predicted octanol–water partition coefficient (Wildman–Crippen LogP) is 5.17. The molecule has 5 rings (SSSR count). The number of nitrogens with one attached hydrogen (secondary N) is 2. The van der Waals surface area contributed by atoms with Gasteiger partial charge in [0.05, 0.1) is 30.6 Å². The van der Waals surface area contributed by atoms with E-state index < -0.39 is 23.9 Å². The van der Waals surface area contributed by atoms with Crippen molar-refractivity contribution < 1.29 is 39.2 Å². The van der Waals surface area contributed by atoms with Crippen LogP contribution in [0.3, 0.4) is 0 Å². The van der Waals surface area contributed by atoms with Crippen LogP contribution < -0.4 is 10.6 Å². The summed E-state index contributed by atoms with van der Waals surface area (Å²) in [6.45, 7) is 7.04. The summed E-state index contributed by atoms with van der Waals surface area (Å²) in [4.78, 5) is 49.5. The number of hydrogen-bond acceptors (Lipinski definition) is 7. The molecule has 0 aliphatic heterocycles. The number of rotatable bonds is 11. The summed E-state index contributed by atoms with van der Waals surface area (Å²) in [5.41, 5.74) is 0.745. The number of carbonyl (C=O) groups excluding carboxylic acids is 3. The van der Waals surface area contributed by atoms with Crippen molar-refractivity contribution in [3.63, 3.8) is 0 Å². The van der Waals surface area contributed by atoms with Gasteiger partial charge in [-0.2, -0.15) is 0 Å². The van der Waals surface area contributed by atoms with Gasteiger partial charge in [-0.15, -0.1) is 0 Å². The first-order valence-electron chi connectivity index (χ1n) is 17.6. The van der Waals surface area contributed by atoms with Crippen LogP contribution in [-0.2, 0) is 19.1 Å². The normalized spacial score (nSPS) is 35.7. The third-order valence-corrected chi connectivity index (χ3v) is 13.1. The van der Waals surface area contributed by atoms with Gasteiger partial charge in [-0.05, 0) is 123 Å². The average Bonchev–Trinajstić information content (AvgIpc) is 3.39. The standard InChI is InChI=1S/C37H54N2O8/c1-21(9-13-31(42)39-29(34(44)45)12-14-32(43)38-28-8-6-5-7-24(28)35(46)47-4)25-10-11-26-33-27(16-18-37(25,26)3)36(2)17-15-23(40)19-22(36)20-30(33)41/h5-8,21-23,25-27,29-30,33,40-41H,9-20H2,1-4H3,(H,38,43)(H,39,42)(H,44,45)/t21-,22+,23-,25-,26+,27+,29+,30-,33+,36+,37-/m1/s1. The van der Waals surface area contributed by atoms with Gasteiger partial charge in [-0.3, -0.25) is 9.59 Å². The Morgan fingerprint density at radius 2 is 1.60 bits per heavy atom. The van der Waals surface area contributed by atoms with Gasteiger partial charge in [-0.1, -0.05) is 32.9 Å². The molecule has 0 radical (unpaired) electrons. The molecule has 4 aliphatic rings. The highest BCUT2D eigenvalue weighted by molar-refractivity contribution is 6.01. The molecule has 47 heavy (non-hydrogen) atoms. The summed E-state index contributed by atoms with van der Waals surface area (Å²) < 4.78 is 4.75. The van der Waals surface area contributed by atoms with Gasteiger partial charge in [0.2, 0.25) is 11.8 Å². The van der Waals surface area contributed by atoms with Crippen molar-refractivity contribution in [2.24, 2.45) is 46.3 Å². The first-order chi connectivity index (χ1) is 22.3. The van der Waals surface area contributed by atoms with Crippen molar-refractivity contribution in [2.75, 3.05) is 12.4 Å². The Balaban J connectivity index is 1.13. The van der Waals surface area contributed by atoms with E-state index in [9.17, 15) is 34.5 Å². The lowest BCUT2D eigenvalue weighted by Gasteiger charge is -2.62. The van der Waals surface area contributed by atoms with Gasteiger partial charge < -0.3 is 30.7 Å². The molecule has 0 unspecified atom stereocenters. The number of aliphatic hydroxyl groups is 2. The quantitative estimate of drug-likeness (QED) is 0.204. The number of esters is 1. The fourth-order valence-electron chi connectivity index (χ4n) is 10.6. The number of anilines is 1. The van der Waals surface area contributed by atoms with E-state index in [1.165, 1.54) is 13.2 Å². The highest BCUT2D eigenvalue weighted by atomic mass is 16.5. The highest BCUT2D eigenvalue weighted by Crippen LogP contribution is 2.68. The second-order valence-electron chi connectivity index (χ2n) is 15.6. The van der Waals surface area contributed by atoms with Crippen LogP contribution in [0.15, 0.2) is 24.3 Å². The summed E-state index contributed by atoms with van der Waals surface area (Å²) in [5.74, 6) is -0.310. The molecule has 10 nitrogen and oxygen atoms in total. The van der Waals surface area contributed by atoms with Gasteiger partial charge in [0, 0.05) is 12.8 Å². The Morgan fingerprint density at radius 1 is 0.915 bits per heavy atom. The number of ether oxygens (including phenoxy) is 1. The molecule has 4 aliphatic carbocycles. The minimum atomic E-state index is -1.21. The lowest BCUT2D eigenvalue weighted by molar-refractivity contribution is -0.174. The molecule has 4 saturated carbocycles. The van der Waals surface area contributed by atoms with Crippen LogP contribution in [-0.4, -0.2) is 64.4 Å². The largest absolute Gasteiger partial charge is 0.480 e. The fraction of sp³-hybridized carbons (Fsp3) is 0.730. The number of carboxylic acid groups (broad SMARTS) is 1. The molecule has 2 amide bonds. The zero-order valence-corrected chi connectivity index (χ0v) is 28.4. The van der Waals surface area contributed by atoms with E-state index >= 15 is 0 Å². The van der Waals surface area contributed by atoms with Crippen LogP contribution in [0.1, 0.15) is 108 Å². The molecule has 0 saturated heterocycles. The maximum atomic E-state index is 13.0. The molecule has 0 aromatic heterocycles. The number of amides is 2. The number of methoxy groups -OCH3 is 1. The Kier molecular flexibility index (Phi) is 10.7. The van der Waals surface area contributed by atoms with E-state index in [2.05, 4.69) is 31.4 Å². The molecule has 5 N–H and O–H groups in total. The van der Waals surface area contributed by atoms with Crippen molar-refractivity contribution in [1.29, 1.82) is 0 Å². The number of carboxylic acids is 1. The molecule has 260 valence electrons. The van der Waals surface area contributed by atoms with Crippen molar-refractivity contribution in [2.45, 2.75) is 116 Å². The average molecular weight is 655 g/mol. The van der Waals surface area contributed by atoms with Gasteiger partial charge in [0.1, 0.15) is 6.04 Å². The number of hydrogen-bond donors (Lipinski definition) is 5. The summed E-state index contributed by atoms with van der Waals surface area (Å²) in [5, 5.41) is 36.9. The van der Waals surface area contributed by atoms with Gasteiger partial charge in [-0.25, -0.2) is 9.59 Å². The Hall–Kier alpha value is -2.98. The van der Waals surface area contributed by atoms with Crippen molar-refractivity contribution in [1.82, 2.24) is 5.32 Å². The van der Waals surface area contributed by atoms with E-state index in [4.69, 9.17) is 4.74 Å². The lowest BCUT2D eigenvalue weighted by atomic mass is 9.43. The number of para-hydroxylation sites is 1. The molecular weight excluding hydrogens is 600 g/mol. The summed E-state index contributed by atoms with van der Waals surface area (Å²) >= 11 is 0. The number of benzene rings is 1. The monoisotopic (exact) mass is 654 g/mol. The molecule has 1 aromatic rings. The van der Waals surface area contributed by atoms with E-state index in [1.54, 1.807) is 18.2 Å². The number of aliphatic hydroxyl groups excluding tert-OH is 2. The molecule has 4 fully saturated rings. The third kappa shape index (κ3) is 7.09. The van der Waals surface area contributed by atoms with Crippen LogP contribution in [0, 0.1) is 46.3 Å². The van der Waals surface area contributed by atoms with Gasteiger partial charge in [0.25, 0.3) is 0 Å². The number of carbonyl (C=O) groups is 4. The number of fused-ring (bicyclic) bond motifs is 5. The summed E-state index contributed by atoms with van der Waals surface area (Å²) in [7, 11) is 1.25. The molecule has 0 heterocycles. The molecule has 0 bridgehead atoms. The SMILES string of the molecule is COC(=O)c1ccccc1NC(=O)CC[C@H](NC(=O)CC[C@@H](C)[C@H]1CC[C@H]2[C@@H]3[C@H](O)C[C@@H]4C[C@H](O)CC[C@]4(C)[C@H]3CC[C@]12C)C(=O)O. The molecule has 11 atom stereocenters. The smallest absolute Gasteiger partial charge is 0.339 e. The lowest BCUT2D eigenvalue weighted by Crippen LogP contribution is -2.58. The molecule has 10 heteroatoms. The van der Waals surface area contributed by atoms with Crippen LogP contribution in [0.4, 0.5) is 5.69 Å². The Morgan fingerprint density at radius 3 is 2.32 bits per heavy atom. The third-order valence-electron chi connectivity index (χ3n) is 13.1. The van der Waals surface area contributed by atoms with Crippen LogP contribution in [0.2, 0.25) is 0 Å². The van der Waals surface area contributed by atoms with Crippen LogP contribution >= 0.6 is 0 Å². The number of aliphatic carboxylic acids is 1. The summed E-state index contributed by atoms with van der Waals surface area (Å²) in [6, 6.07) is 5.20. The molecule has 0 spiro atoms. The highest BCUT2D eigenvalue weighted by Gasteiger charge is 2.62. The van der Waals surface area contributed by atoms with E-state index in [0.29, 0.717) is 30.1 Å². The van der Waals surface area contributed by atoms with E-state index in [1.807, 2.05) is 0 Å². The molecular formula is C37H54N2O8. The predicted molar refractivity (Wildman–Crippen MR) is 176 cm³/mol. The zero-order chi connectivity index (χ0) is 34.1. The zero-order valence-electron chi connectivity index (χ0n) is 28.4. The first kappa shape index (κ1) is 35.3. The minimum Gasteiger partial charge on any atom is -0.480 e. The minimum absolute atomic E-state index is 0.0884. The fourth-order valence-corrected chi connectivity index (χ4v) is 10.6. The van der Waals surface area contributed by atoms with Crippen LogP contribution in [0.5, 0.6) is 0 Å². The molecule has 1 aromatic carbocycles. The van der Waals surface area contributed by atoms with Crippen LogP contribution in [0.25, 0.3) is 0 Å². The maximum Gasteiger partial charge on any atom is 0.339 e. The second kappa shape index (κ2) is 14.2. The second-order valence-corrected chi connectivity index (χ2v) is 15.6. The van der Waals surface area contributed by atoms with E-state index in [0.717, 1.165) is 51.4 Å². The first-order valence-corrected chi connectivity index (χ1v) is 17.6. The summed E-state index contributed by atoms with van der Waals surface area (Å²) in [6.07, 6.45) is 7.91. The Labute approximate surface area is 278 Å². The van der Waals surface area contributed by atoms with Crippen molar-refractivity contribution in [3.05, 3.63) is 29.8 Å². The van der Waals surface area contributed by atoms with Gasteiger partial charge >= 0.3 is 11.9 Å². The van der Waals surface area contributed by atoms with Gasteiger partial charge in [0.15, 0.2) is 0 Å². The Bertz CT molecular complexity index is 1330. The van der Waals surface area contributed by atoms with Crippen molar-refractivity contribution >= 4 is 29.4 Å². The van der Waals surface area contributed by atoms with Crippen molar-refractivity contribution in [3.8, 4) is 0 Å². The van der Waals surface area contributed by atoms with E-state index in [-0.39, 0.29) is 71.3 Å².